The number of fused-ring (bicyclic) bond motifs is 1. The van der Waals surface area contributed by atoms with Gasteiger partial charge in [0.1, 0.15) is 5.82 Å². The molecule has 1 heterocycles. The third-order valence-corrected chi connectivity index (χ3v) is 6.54. The van der Waals surface area contributed by atoms with Crippen molar-refractivity contribution in [2.24, 2.45) is 16.5 Å². The number of anilines is 2. The fraction of sp³-hybridized carbons (Fsp3) is 0.333. The number of nitrogens with zero attached hydrogens (tertiary/aromatic N) is 3. The number of aryl methyl sites for hydroxylation is 1. The van der Waals surface area contributed by atoms with Crippen molar-refractivity contribution in [2.75, 3.05) is 16.9 Å². The van der Waals surface area contributed by atoms with Gasteiger partial charge in [-0.15, -0.1) is 11.8 Å². The van der Waals surface area contributed by atoms with Crippen LogP contribution in [0.3, 0.4) is 0 Å². The molecule has 0 aliphatic heterocycles. The average molecular weight is 464 g/mol. The van der Waals surface area contributed by atoms with Crippen LogP contribution in [-0.2, 0) is 0 Å². The SMILES string of the molecule is CSc1ccc(C(=O)Nc2nc(NC3CCCCC3N=C(N)N)c3cc(C)ccc3n2)cc1. The minimum absolute atomic E-state index is 0.0217. The Morgan fingerprint density at radius 1 is 1.09 bits per heavy atom. The molecule has 0 bridgehead atoms. The summed E-state index contributed by atoms with van der Waals surface area (Å²) in [5.41, 5.74) is 13.7. The Labute approximate surface area is 197 Å². The molecule has 172 valence electrons. The molecular formula is C24H29N7OS. The van der Waals surface area contributed by atoms with Crippen LogP contribution in [-0.4, -0.2) is 40.2 Å². The number of hydrogen-bond acceptors (Lipinski definition) is 6. The molecule has 1 aliphatic rings. The summed E-state index contributed by atoms with van der Waals surface area (Å²) >= 11 is 1.63. The number of thioether (sulfide) groups is 1. The summed E-state index contributed by atoms with van der Waals surface area (Å²) < 4.78 is 0. The van der Waals surface area contributed by atoms with Gasteiger partial charge in [-0.1, -0.05) is 24.5 Å². The molecule has 9 heteroatoms. The Morgan fingerprint density at radius 3 is 2.58 bits per heavy atom. The molecule has 2 unspecified atom stereocenters. The minimum Gasteiger partial charge on any atom is -0.370 e. The maximum Gasteiger partial charge on any atom is 0.258 e. The molecule has 1 saturated carbocycles. The summed E-state index contributed by atoms with van der Waals surface area (Å²) in [4.78, 5) is 27.6. The van der Waals surface area contributed by atoms with Gasteiger partial charge in [0.25, 0.3) is 5.91 Å². The number of carbonyl (C=O) groups is 1. The zero-order valence-electron chi connectivity index (χ0n) is 18.8. The first-order valence-corrected chi connectivity index (χ1v) is 12.2. The molecule has 1 aliphatic carbocycles. The highest BCUT2D eigenvalue weighted by Gasteiger charge is 2.26. The van der Waals surface area contributed by atoms with E-state index >= 15 is 0 Å². The van der Waals surface area contributed by atoms with Gasteiger partial charge in [0.15, 0.2) is 5.96 Å². The largest absolute Gasteiger partial charge is 0.370 e. The van der Waals surface area contributed by atoms with Crippen molar-refractivity contribution in [1.29, 1.82) is 0 Å². The first-order chi connectivity index (χ1) is 15.9. The first-order valence-electron chi connectivity index (χ1n) is 11.0. The molecule has 2 aromatic carbocycles. The van der Waals surface area contributed by atoms with Gasteiger partial charge in [-0.05, 0) is 62.4 Å². The van der Waals surface area contributed by atoms with Gasteiger partial charge in [-0.25, -0.2) is 9.98 Å². The van der Waals surface area contributed by atoms with Crippen molar-refractivity contribution in [2.45, 2.75) is 49.6 Å². The molecule has 0 radical (unpaired) electrons. The maximum absolute atomic E-state index is 12.8. The number of hydrogen-bond donors (Lipinski definition) is 4. The Morgan fingerprint density at radius 2 is 1.85 bits per heavy atom. The third-order valence-electron chi connectivity index (χ3n) is 5.80. The minimum atomic E-state index is -0.254. The predicted molar refractivity (Wildman–Crippen MR) is 136 cm³/mol. The van der Waals surface area contributed by atoms with E-state index in [0.717, 1.165) is 47.0 Å². The summed E-state index contributed by atoms with van der Waals surface area (Å²) in [6.45, 7) is 2.03. The van der Waals surface area contributed by atoms with Gasteiger partial charge in [0, 0.05) is 15.8 Å². The van der Waals surface area contributed by atoms with Crippen molar-refractivity contribution in [1.82, 2.24) is 9.97 Å². The molecule has 1 fully saturated rings. The fourth-order valence-electron chi connectivity index (χ4n) is 4.13. The highest BCUT2D eigenvalue weighted by atomic mass is 32.2. The van der Waals surface area contributed by atoms with E-state index < -0.39 is 0 Å². The van der Waals surface area contributed by atoms with Crippen molar-refractivity contribution < 1.29 is 4.79 Å². The second-order valence-electron chi connectivity index (χ2n) is 8.26. The normalized spacial score (nSPS) is 18.0. The van der Waals surface area contributed by atoms with E-state index in [4.69, 9.17) is 11.5 Å². The molecule has 1 aromatic heterocycles. The van der Waals surface area contributed by atoms with Crippen LogP contribution in [0.4, 0.5) is 11.8 Å². The summed E-state index contributed by atoms with van der Waals surface area (Å²) in [5, 5.41) is 7.29. The van der Waals surface area contributed by atoms with Crippen LogP contribution in [0.2, 0.25) is 0 Å². The molecule has 2 atom stereocenters. The van der Waals surface area contributed by atoms with Crippen molar-refractivity contribution in [3.8, 4) is 0 Å². The molecule has 1 amide bonds. The Bertz CT molecular complexity index is 1180. The van der Waals surface area contributed by atoms with Crippen molar-refractivity contribution >= 4 is 46.3 Å². The Balaban J connectivity index is 1.65. The average Bonchev–Trinajstić information content (AvgIpc) is 2.80. The van der Waals surface area contributed by atoms with Crippen LogP contribution in [0.25, 0.3) is 10.9 Å². The molecule has 8 nitrogen and oxygen atoms in total. The summed E-state index contributed by atoms with van der Waals surface area (Å²) in [6.07, 6.45) is 6.01. The number of nitrogens with one attached hydrogen (secondary N) is 2. The lowest BCUT2D eigenvalue weighted by Gasteiger charge is -2.30. The zero-order chi connectivity index (χ0) is 23.4. The third kappa shape index (κ3) is 5.54. The molecule has 33 heavy (non-hydrogen) atoms. The second-order valence-corrected chi connectivity index (χ2v) is 9.14. The molecule has 0 saturated heterocycles. The predicted octanol–water partition coefficient (Wildman–Crippen LogP) is 3.91. The Kier molecular flexibility index (Phi) is 6.98. The van der Waals surface area contributed by atoms with Crippen LogP contribution in [0, 0.1) is 6.92 Å². The van der Waals surface area contributed by atoms with Gasteiger partial charge in [0.05, 0.1) is 17.6 Å². The van der Waals surface area contributed by atoms with Gasteiger partial charge in [-0.3, -0.25) is 10.1 Å². The number of benzene rings is 2. The standard InChI is InChI=1S/C24H29N7OS/c1-14-7-12-18-17(13-14)21(27-19-5-3-4-6-20(19)28-23(25)26)30-24(29-18)31-22(32)15-8-10-16(33-2)11-9-15/h7-13,19-20H,3-6H2,1-2H3,(H4,25,26,28)(H2,27,29,30,31,32). The van der Waals surface area contributed by atoms with E-state index in [2.05, 4.69) is 25.6 Å². The number of carbonyl (C=O) groups excluding carboxylic acids is 1. The monoisotopic (exact) mass is 463 g/mol. The van der Waals surface area contributed by atoms with E-state index in [0.29, 0.717) is 11.4 Å². The smallest absolute Gasteiger partial charge is 0.258 e. The molecule has 3 aromatic rings. The lowest BCUT2D eigenvalue weighted by molar-refractivity contribution is 0.102. The van der Waals surface area contributed by atoms with E-state index in [-0.39, 0.29) is 29.9 Å². The fourth-order valence-corrected chi connectivity index (χ4v) is 4.53. The molecule has 0 spiro atoms. The van der Waals surface area contributed by atoms with Gasteiger partial charge >= 0.3 is 0 Å². The Hall–Kier alpha value is -3.33. The number of nitrogens with two attached hydrogens (primary N) is 2. The van der Waals surface area contributed by atoms with Crippen LogP contribution >= 0.6 is 11.8 Å². The van der Waals surface area contributed by atoms with Crippen molar-refractivity contribution in [3.63, 3.8) is 0 Å². The first kappa shape index (κ1) is 22.8. The van der Waals surface area contributed by atoms with E-state index in [1.165, 1.54) is 0 Å². The van der Waals surface area contributed by atoms with E-state index in [1.54, 1.807) is 23.9 Å². The van der Waals surface area contributed by atoms with Crippen LogP contribution in [0.5, 0.6) is 0 Å². The van der Waals surface area contributed by atoms with Crippen LogP contribution < -0.4 is 22.1 Å². The second kappa shape index (κ2) is 10.1. The lowest BCUT2D eigenvalue weighted by Crippen LogP contribution is -2.38. The molecule has 4 rings (SSSR count). The van der Waals surface area contributed by atoms with E-state index in [9.17, 15) is 4.79 Å². The summed E-state index contributed by atoms with van der Waals surface area (Å²) in [5.74, 6) is 0.759. The van der Waals surface area contributed by atoms with E-state index in [1.807, 2.05) is 43.5 Å². The summed E-state index contributed by atoms with van der Waals surface area (Å²) in [7, 11) is 0. The van der Waals surface area contributed by atoms with Gasteiger partial charge < -0.3 is 16.8 Å². The van der Waals surface area contributed by atoms with Crippen LogP contribution in [0.1, 0.15) is 41.6 Å². The number of guanidine groups is 1. The zero-order valence-corrected chi connectivity index (χ0v) is 19.7. The van der Waals surface area contributed by atoms with Gasteiger partial charge in [0.2, 0.25) is 5.95 Å². The molecular weight excluding hydrogens is 434 g/mol. The highest BCUT2D eigenvalue weighted by molar-refractivity contribution is 7.98. The topological polar surface area (TPSA) is 131 Å². The quantitative estimate of drug-likeness (QED) is 0.248. The lowest BCUT2D eigenvalue weighted by atomic mass is 9.90. The number of amides is 1. The number of aliphatic imine (C=N–C) groups is 1. The van der Waals surface area contributed by atoms with Crippen LogP contribution in [0.15, 0.2) is 52.4 Å². The van der Waals surface area contributed by atoms with Gasteiger partial charge in [-0.2, -0.15) is 4.98 Å². The highest BCUT2D eigenvalue weighted by Crippen LogP contribution is 2.29. The number of aromatic nitrogens is 2. The maximum atomic E-state index is 12.8. The van der Waals surface area contributed by atoms with Crippen molar-refractivity contribution in [3.05, 3.63) is 53.6 Å². The number of rotatable bonds is 6. The molecule has 6 N–H and O–H groups in total. The summed E-state index contributed by atoms with van der Waals surface area (Å²) in [6, 6.07) is 13.4.